The number of nitrogens with zero attached hydrogens (tertiary/aromatic N) is 3. The number of carbonyl (C=O) groups excluding carboxylic acids is 3. The number of rotatable bonds is 5. The van der Waals surface area contributed by atoms with Gasteiger partial charge in [0.2, 0.25) is 0 Å². The third-order valence-electron chi connectivity index (χ3n) is 6.56. The van der Waals surface area contributed by atoms with E-state index in [4.69, 9.17) is 0 Å². The summed E-state index contributed by atoms with van der Waals surface area (Å²) < 4.78 is 66.2. The molecule has 4 amide bonds. The third kappa shape index (κ3) is 5.82. The molecule has 1 aliphatic heterocycles. The first-order valence-corrected chi connectivity index (χ1v) is 14.1. The molecule has 2 aromatic carbocycles. The Bertz CT molecular complexity index is 1640. The van der Waals surface area contributed by atoms with Crippen LogP contribution in [0.15, 0.2) is 58.6 Å². The van der Waals surface area contributed by atoms with Crippen LogP contribution in [0.4, 0.5) is 28.4 Å². The van der Waals surface area contributed by atoms with Crippen LogP contribution in [-0.2, 0) is 20.8 Å². The number of amides is 4. The number of hydrogen-bond donors (Lipinski definition) is 2. The second kappa shape index (κ2) is 10.3. The van der Waals surface area contributed by atoms with Crippen molar-refractivity contribution in [2.75, 3.05) is 17.7 Å². The van der Waals surface area contributed by atoms with E-state index >= 15 is 0 Å². The average molecular weight is 591 g/mol. The van der Waals surface area contributed by atoms with E-state index in [1.54, 1.807) is 0 Å². The van der Waals surface area contributed by atoms with Gasteiger partial charge in [-0.2, -0.15) is 18.4 Å². The Kier molecular flexibility index (Phi) is 7.49. The lowest BCUT2D eigenvalue weighted by molar-refractivity contribution is -0.137. The first kappa shape index (κ1) is 29.8. The van der Waals surface area contributed by atoms with E-state index in [-0.39, 0.29) is 47.5 Å². The minimum atomic E-state index is -4.75. The number of allylic oxidation sites excluding steroid dienone is 1. The van der Waals surface area contributed by atoms with Gasteiger partial charge in [0.05, 0.1) is 33.4 Å². The first-order valence-electron chi connectivity index (χ1n) is 12.2. The number of nitrogens with one attached hydrogen (secondary N) is 1. The quantitative estimate of drug-likeness (QED) is 0.534. The molecule has 0 saturated carbocycles. The van der Waals surface area contributed by atoms with E-state index < -0.39 is 56.0 Å². The van der Waals surface area contributed by atoms with Crippen molar-refractivity contribution in [3.05, 3.63) is 70.4 Å². The molecule has 0 bridgehead atoms. The zero-order chi connectivity index (χ0) is 30.5. The van der Waals surface area contributed by atoms with Crippen molar-refractivity contribution >= 4 is 33.4 Å². The highest BCUT2D eigenvalue weighted by Crippen LogP contribution is 2.47. The molecule has 2 N–H and O–H groups in total. The summed E-state index contributed by atoms with van der Waals surface area (Å²) in [6.07, 6.45) is -4.10. The summed E-state index contributed by atoms with van der Waals surface area (Å²) >= 11 is 0. The van der Waals surface area contributed by atoms with Crippen LogP contribution in [0.1, 0.15) is 49.4 Å². The highest BCUT2D eigenvalue weighted by atomic mass is 32.2. The predicted molar refractivity (Wildman–Crippen MR) is 139 cm³/mol. The largest absolute Gasteiger partial charge is 0.416 e. The normalized spacial score (nSPS) is 18.0. The van der Waals surface area contributed by atoms with E-state index in [0.717, 1.165) is 29.4 Å². The SMILES string of the molecule is CC(C)(O)CNC(=O)N1C(=O)N(c2cccc(C(F)(F)F)c2)C2=C(C(=O)CC2)[C@H]1c1ccc(C#N)cc1S(C)(=O)=O. The molecule has 4 rings (SSSR count). The summed E-state index contributed by atoms with van der Waals surface area (Å²) in [6, 6.07) is 5.32. The van der Waals surface area contributed by atoms with Crippen LogP contribution in [0.3, 0.4) is 0 Å². The smallest absolute Gasteiger partial charge is 0.389 e. The molecule has 1 aliphatic carbocycles. The minimum absolute atomic E-state index is 0.0275. The molecule has 0 spiro atoms. The first-order chi connectivity index (χ1) is 18.9. The van der Waals surface area contributed by atoms with Crippen molar-refractivity contribution in [2.45, 2.75) is 49.4 Å². The van der Waals surface area contributed by atoms with Crippen LogP contribution in [0, 0.1) is 11.3 Å². The molecule has 2 aliphatic rings. The number of aliphatic hydroxyl groups is 1. The molecular weight excluding hydrogens is 565 g/mol. The number of sulfone groups is 1. The number of nitriles is 1. The molecular formula is C27H25F3N4O6S. The lowest BCUT2D eigenvalue weighted by Crippen LogP contribution is -2.56. The maximum atomic E-state index is 14.1. The number of carbonyl (C=O) groups is 3. The molecule has 10 nitrogen and oxygen atoms in total. The number of hydrogen-bond acceptors (Lipinski definition) is 7. The fourth-order valence-corrected chi connectivity index (χ4v) is 5.73. The van der Waals surface area contributed by atoms with Gasteiger partial charge in [-0.25, -0.2) is 22.9 Å². The van der Waals surface area contributed by atoms with Gasteiger partial charge in [0.25, 0.3) is 0 Å². The Morgan fingerprint density at radius 3 is 2.41 bits per heavy atom. The molecule has 0 radical (unpaired) electrons. The Hall–Kier alpha value is -4.22. The van der Waals surface area contributed by atoms with Gasteiger partial charge in [-0.3, -0.25) is 9.69 Å². The molecule has 216 valence electrons. The zero-order valence-corrected chi connectivity index (χ0v) is 22.9. The highest BCUT2D eigenvalue weighted by molar-refractivity contribution is 7.90. The molecule has 0 aromatic heterocycles. The zero-order valence-electron chi connectivity index (χ0n) is 22.1. The molecule has 41 heavy (non-hydrogen) atoms. The number of halogens is 3. The van der Waals surface area contributed by atoms with Crippen LogP contribution in [0.25, 0.3) is 0 Å². The van der Waals surface area contributed by atoms with Gasteiger partial charge in [-0.1, -0.05) is 12.1 Å². The van der Waals surface area contributed by atoms with Gasteiger partial charge < -0.3 is 10.4 Å². The summed E-state index contributed by atoms with van der Waals surface area (Å²) in [5.74, 6) is -0.543. The summed E-state index contributed by atoms with van der Waals surface area (Å²) in [4.78, 5) is 41.9. The lowest BCUT2D eigenvalue weighted by Gasteiger charge is -2.41. The number of ketones is 1. The maximum absolute atomic E-state index is 14.1. The topological polar surface area (TPSA) is 148 Å². The Balaban J connectivity index is 2.01. The van der Waals surface area contributed by atoms with Crippen molar-refractivity contribution < 1.29 is 41.1 Å². The molecule has 0 unspecified atom stereocenters. The average Bonchev–Trinajstić information content (AvgIpc) is 3.25. The summed E-state index contributed by atoms with van der Waals surface area (Å²) in [7, 11) is -4.08. The number of Topliss-reactive ketones (excluding diaryl/α,β-unsaturated/α-hetero) is 1. The van der Waals surface area contributed by atoms with Gasteiger partial charge in [0.1, 0.15) is 6.04 Å². The van der Waals surface area contributed by atoms with E-state index in [0.29, 0.717) is 11.0 Å². The van der Waals surface area contributed by atoms with Gasteiger partial charge in [-0.05, 0) is 56.2 Å². The van der Waals surface area contributed by atoms with Crippen LogP contribution in [0.2, 0.25) is 0 Å². The van der Waals surface area contributed by atoms with Crippen LogP contribution >= 0.6 is 0 Å². The number of alkyl halides is 3. The molecule has 0 saturated heterocycles. The summed E-state index contributed by atoms with van der Waals surface area (Å²) in [6.45, 7) is 2.39. The van der Waals surface area contributed by atoms with Gasteiger partial charge in [-0.15, -0.1) is 0 Å². The Labute approximate surface area is 233 Å². The number of imide groups is 1. The van der Waals surface area contributed by atoms with Gasteiger partial charge in [0, 0.05) is 30.5 Å². The Morgan fingerprint density at radius 2 is 1.83 bits per heavy atom. The molecule has 2 aromatic rings. The molecule has 1 atom stereocenters. The van der Waals surface area contributed by atoms with Crippen LogP contribution in [0.5, 0.6) is 0 Å². The van der Waals surface area contributed by atoms with E-state index in [2.05, 4.69) is 5.32 Å². The monoisotopic (exact) mass is 590 g/mol. The van der Waals surface area contributed by atoms with E-state index in [9.17, 15) is 46.3 Å². The standard InChI is InChI=1S/C27H25F3N4O6S/c1-26(2,38)14-32-24(36)34-23(18-8-7-15(13-31)11-21(18)41(3,39)40)22-19(9-10-20(22)35)33(25(34)37)17-6-4-5-16(12-17)27(28,29)30/h4-8,11-12,23,38H,9-10,14H2,1-3H3,(H,32,36)/t23-/m1/s1. The predicted octanol–water partition coefficient (Wildman–Crippen LogP) is 4.06. The number of urea groups is 2. The van der Waals surface area contributed by atoms with Crippen LogP contribution < -0.4 is 10.2 Å². The van der Waals surface area contributed by atoms with Crippen molar-refractivity contribution in [1.29, 1.82) is 5.26 Å². The number of benzene rings is 2. The van der Waals surface area contributed by atoms with Crippen molar-refractivity contribution in [2.24, 2.45) is 0 Å². The van der Waals surface area contributed by atoms with E-state index in [1.807, 2.05) is 6.07 Å². The molecule has 1 heterocycles. The summed E-state index contributed by atoms with van der Waals surface area (Å²) in [5, 5.41) is 21.9. The molecule has 0 fully saturated rings. The summed E-state index contributed by atoms with van der Waals surface area (Å²) in [5.41, 5.74) is -3.06. The maximum Gasteiger partial charge on any atom is 0.416 e. The second-order valence-corrected chi connectivity index (χ2v) is 12.3. The van der Waals surface area contributed by atoms with Gasteiger partial charge >= 0.3 is 18.2 Å². The minimum Gasteiger partial charge on any atom is -0.389 e. The van der Waals surface area contributed by atoms with Crippen molar-refractivity contribution in [1.82, 2.24) is 10.2 Å². The lowest BCUT2D eigenvalue weighted by atomic mass is 9.92. The van der Waals surface area contributed by atoms with Crippen molar-refractivity contribution in [3.8, 4) is 6.07 Å². The number of anilines is 1. The molecule has 14 heteroatoms. The second-order valence-electron chi connectivity index (χ2n) is 10.3. The van der Waals surface area contributed by atoms with Crippen molar-refractivity contribution in [3.63, 3.8) is 0 Å². The fourth-order valence-electron chi connectivity index (χ4n) is 4.78. The van der Waals surface area contributed by atoms with E-state index in [1.165, 1.54) is 32.0 Å². The van der Waals surface area contributed by atoms with Crippen LogP contribution in [-0.4, -0.2) is 54.7 Å². The highest BCUT2D eigenvalue weighted by Gasteiger charge is 2.50. The Morgan fingerprint density at radius 1 is 1.15 bits per heavy atom. The van der Waals surface area contributed by atoms with Gasteiger partial charge in [0.15, 0.2) is 15.6 Å². The third-order valence-corrected chi connectivity index (χ3v) is 7.71. The fraction of sp³-hybridized carbons (Fsp3) is 0.333.